The van der Waals surface area contributed by atoms with Crippen molar-refractivity contribution in [2.45, 2.75) is 26.7 Å². The summed E-state index contributed by atoms with van der Waals surface area (Å²) in [7, 11) is 0. The second kappa shape index (κ2) is 8.10. The minimum atomic E-state index is -0.561. The summed E-state index contributed by atoms with van der Waals surface area (Å²) in [5, 5.41) is 3.59. The number of anilines is 1. The van der Waals surface area contributed by atoms with Gasteiger partial charge in [0.15, 0.2) is 0 Å². The maximum Gasteiger partial charge on any atom is 0.295 e. The molecule has 0 spiro atoms. The van der Waals surface area contributed by atoms with Crippen LogP contribution in [0.1, 0.15) is 34.5 Å². The zero-order valence-corrected chi connectivity index (χ0v) is 17.1. The minimum Gasteiger partial charge on any atom is -0.358 e. The number of fused-ring (bicyclic) bond motifs is 1. The Kier molecular flexibility index (Phi) is 5.35. The summed E-state index contributed by atoms with van der Waals surface area (Å²) in [6.07, 6.45) is 2.97. The molecule has 1 unspecified atom stereocenters. The first-order valence-electron chi connectivity index (χ1n) is 10.1. The van der Waals surface area contributed by atoms with Gasteiger partial charge in [-0.1, -0.05) is 24.3 Å². The maximum atomic E-state index is 13.0. The predicted molar refractivity (Wildman–Crippen MR) is 114 cm³/mol. The van der Waals surface area contributed by atoms with Crippen LogP contribution in [0.15, 0.2) is 42.6 Å². The Morgan fingerprint density at radius 2 is 1.93 bits per heavy atom. The number of aromatic amines is 1. The van der Waals surface area contributed by atoms with Crippen LogP contribution in [0.2, 0.25) is 0 Å². The number of para-hydroxylation sites is 1. The van der Waals surface area contributed by atoms with E-state index in [4.69, 9.17) is 0 Å². The lowest BCUT2D eigenvalue weighted by atomic mass is 9.96. The number of amides is 2. The van der Waals surface area contributed by atoms with E-state index < -0.39 is 11.7 Å². The molecule has 2 N–H and O–H groups in total. The number of likely N-dealkylation sites (tertiary alicyclic amines) is 1. The number of benzene rings is 1. The number of aryl methyl sites for hydroxylation is 2. The Labute approximate surface area is 174 Å². The maximum absolute atomic E-state index is 13.0. The number of rotatable bonds is 4. The number of nitrogens with zero attached hydrogens (tertiary/aromatic N) is 2. The number of H-pyrrole nitrogens is 1. The normalized spacial score (nSPS) is 16.5. The molecule has 1 aromatic carbocycles. The molecular weight excluding hydrogens is 380 g/mol. The number of hydrogen-bond acceptors (Lipinski definition) is 4. The van der Waals surface area contributed by atoms with Gasteiger partial charge >= 0.3 is 0 Å². The van der Waals surface area contributed by atoms with Crippen molar-refractivity contribution in [2.24, 2.45) is 5.92 Å². The van der Waals surface area contributed by atoms with Crippen LogP contribution in [-0.4, -0.2) is 45.6 Å². The first-order valence-corrected chi connectivity index (χ1v) is 10.1. The second-order valence-corrected chi connectivity index (χ2v) is 7.75. The van der Waals surface area contributed by atoms with Crippen LogP contribution in [0, 0.1) is 19.8 Å². The summed E-state index contributed by atoms with van der Waals surface area (Å²) in [5.41, 5.74) is 2.78. The molecule has 7 heteroatoms. The van der Waals surface area contributed by atoms with Gasteiger partial charge in [-0.3, -0.25) is 14.4 Å². The monoisotopic (exact) mass is 404 g/mol. The number of hydrogen-bond donors (Lipinski definition) is 2. The van der Waals surface area contributed by atoms with Gasteiger partial charge in [-0.2, -0.15) is 0 Å². The zero-order chi connectivity index (χ0) is 21.3. The molecule has 0 radical (unpaired) electrons. The molecule has 7 nitrogen and oxygen atoms in total. The van der Waals surface area contributed by atoms with Gasteiger partial charge in [0.1, 0.15) is 5.82 Å². The van der Waals surface area contributed by atoms with Crippen molar-refractivity contribution in [3.05, 3.63) is 59.4 Å². The number of carbonyl (C=O) groups excluding carboxylic acids is 3. The molecule has 30 heavy (non-hydrogen) atoms. The third-order valence-electron chi connectivity index (χ3n) is 5.65. The minimum absolute atomic E-state index is 0.176. The first kappa shape index (κ1) is 19.8. The van der Waals surface area contributed by atoms with E-state index in [0.717, 1.165) is 16.5 Å². The van der Waals surface area contributed by atoms with E-state index in [1.807, 2.05) is 43.3 Å². The second-order valence-electron chi connectivity index (χ2n) is 7.75. The quantitative estimate of drug-likeness (QED) is 0.515. The fourth-order valence-corrected chi connectivity index (χ4v) is 4.03. The summed E-state index contributed by atoms with van der Waals surface area (Å²) in [6, 6.07) is 11.1. The topological polar surface area (TPSA) is 95.2 Å². The van der Waals surface area contributed by atoms with Gasteiger partial charge in [-0.25, -0.2) is 4.98 Å². The third kappa shape index (κ3) is 3.70. The van der Waals surface area contributed by atoms with Crippen molar-refractivity contribution in [2.75, 3.05) is 18.4 Å². The molecule has 0 saturated carbocycles. The molecule has 4 rings (SSSR count). The SMILES string of the molecule is Cc1cccnc1NC(=O)C1CCCN(C(=O)C(=O)c2c(C)[nH]c3ccccc23)C1. The molecule has 1 atom stereocenters. The van der Waals surface area contributed by atoms with E-state index in [-0.39, 0.29) is 18.4 Å². The van der Waals surface area contributed by atoms with Crippen molar-refractivity contribution in [1.82, 2.24) is 14.9 Å². The summed E-state index contributed by atoms with van der Waals surface area (Å²) in [6.45, 7) is 4.37. The molecule has 1 fully saturated rings. The van der Waals surface area contributed by atoms with Crippen molar-refractivity contribution in [3.63, 3.8) is 0 Å². The molecule has 0 bridgehead atoms. The standard InChI is InChI=1S/C23H24N4O3/c1-14-7-5-11-24-21(14)26-22(29)16-8-6-12-27(13-16)23(30)20(28)19-15(2)25-18-10-4-3-9-17(18)19/h3-5,7,9-11,16,25H,6,8,12-13H2,1-2H3,(H,24,26,29). The lowest BCUT2D eigenvalue weighted by Gasteiger charge is -2.31. The van der Waals surface area contributed by atoms with Crippen LogP contribution >= 0.6 is 0 Å². The van der Waals surface area contributed by atoms with E-state index in [9.17, 15) is 14.4 Å². The highest BCUT2D eigenvalue weighted by Crippen LogP contribution is 2.25. The number of aromatic nitrogens is 2. The largest absolute Gasteiger partial charge is 0.358 e. The first-order chi connectivity index (χ1) is 14.5. The molecule has 154 valence electrons. The average Bonchev–Trinajstić information content (AvgIpc) is 3.10. The Morgan fingerprint density at radius 1 is 1.13 bits per heavy atom. The molecule has 2 amide bonds. The summed E-state index contributed by atoms with van der Waals surface area (Å²) in [5.74, 6) is -1.12. The van der Waals surface area contributed by atoms with E-state index in [1.54, 1.807) is 13.1 Å². The van der Waals surface area contributed by atoms with Gasteiger partial charge in [0, 0.05) is 35.9 Å². The van der Waals surface area contributed by atoms with Crippen molar-refractivity contribution in [3.8, 4) is 0 Å². The molecule has 1 aliphatic heterocycles. The smallest absolute Gasteiger partial charge is 0.295 e. The van der Waals surface area contributed by atoms with Gasteiger partial charge in [0.05, 0.1) is 11.5 Å². The van der Waals surface area contributed by atoms with Crippen LogP contribution < -0.4 is 5.32 Å². The fourth-order valence-electron chi connectivity index (χ4n) is 4.03. The van der Waals surface area contributed by atoms with Crippen molar-refractivity contribution >= 4 is 34.3 Å². The molecular formula is C23H24N4O3. The van der Waals surface area contributed by atoms with E-state index >= 15 is 0 Å². The Hall–Kier alpha value is -3.48. The average molecular weight is 404 g/mol. The van der Waals surface area contributed by atoms with Crippen LogP contribution in [0.25, 0.3) is 10.9 Å². The number of piperidine rings is 1. The molecule has 0 aliphatic carbocycles. The number of Topliss-reactive ketones (excluding diaryl/α,β-unsaturated/α-hetero) is 1. The molecule has 3 aromatic rings. The molecule has 1 aliphatic rings. The summed E-state index contributed by atoms with van der Waals surface area (Å²) in [4.78, 5) is 47.6. The number of ketones is 1. The molecule has 2 aromatic heterocycles. The number of carbonyl (C=O) groups is 3. The van der Waals surface area contributed by atoms with Crippen LogP contribution in [0.3, 0.4) is 0 Å². The number of nitrogens with one attached hydrogen (secondary N) is 2. The number of pyridine rings is 1. The van der Waals surface area contributed by atoms with Gasteiger partial charge in [-0.15, -0.1) is 0 Å². The third-order valence-corrected chi connectivity index (χ3v) is 5.65. The highest BCUT2D eigenvalue weighted by Gasteiger charge is 2.33. The van der Waals surface area contributed by atoms with E-state index in [0.29, 0.717) is 36.5 Å². The van der Waals surface area contributed by atoms with Crippen molar-refractivity contribution in [1.29, 1.82) is 0 Å². The summed E-state index contributed by atoms with van der Waals surface area (Å²) >= 11 is 0. The van der Waals surface area contributed by atoms with Crippen LogP contribution in [0.5, 0.6) is 0 Å². The Balaban J connectivity index is 1.49. The van der Waals surface area contributed by atoms with Crippen LogP contribution in [-0.2, 0) is 9.59 Å². The Morgan fingerprint density at radius 3 is 2.73 bits per heavy atom. The zero-order valence-electron chi connectivity index (χ0n) is 17.1. The lowest BCUT2D eigenvalue weighted by molar-refractivity contribution is -0.130. The van der Waals surface area contributed by atoms with Crippen molar-refractivity contribution < 1.29 is 14.4 Å². The fraction of sp³-hybridized carbons (Fsp3) is 0.304. The highest BCUT2D eigenvalue weighted by molar-refractivity contribution is 6.45. The summed E-state index contributed by atoms with van der Waals surface area (Å²) < 4.78 is 0. The van der Waals surface area contributed by atoms with Gasteiger partial charge in [0.25, 0.3) is 11.7 Å². The molecule has 3 heterocycles. The lowest BCUT2D eigenvalue weighted by Crippen LogP contribution is -2.46. The van der Waals surface area contributed by atoms with Gasteiger partial charge in [0.2, 0.25) is 5.91 Å². The van der Waals surface area contributed by atoms with E-state index in [1.165, 1.54) is 4.90 Å². The highest BCUT2D eigenvalue weighted by atomic mass is 16.2. The van der Waals surface area contributed by atoms with Gasteiger partial charge in [-0.05, 0) is 44.4 Å². The predicted octanol–water partition coefficient (Wildman–Crippen LogP) is 3.24. The van der Waals surface area contributed by atoms with E-state index in [2.05, 4.69) is 15.3 Å². The molecule has 1 saturated heterocycles. The van der Waals surface area contributed by atoms with Crippen LogP contribution in [0.4, 0.5) is 5.82 Å². The van der Waals surface area contributed by atoms with Gasteiger partial charge < -0.3 is 15.2 Å². The Bertz CT molecular complexity index is 1130.